The molecule has 0 N–H and O–H groups in total. The van der Waals surface area contributed by atoms with Crippen LogP contribution in [0.2, 0.25) is 0 Å². The van der Waals surface area contributed by atoms with Gasteiger partial charge in [0.25, 0.3) is 0 Å². The van der Waals surface area contributed by atoms with Crippen molar-refractivity contribution in [3.8, 4) is 0 Å². The third-order valence-corrected chi connectivity index (χ3v) is 2.79. The molecule has 0 aromatic heterocycles. The van der Waals surface area contributed by atoms with E-state index in [9.17, 15) is 0 Å². The highest BCUT2D eigenvalue weighted by Gasteiger charge is 2.16. The molecular weight excluding hydrogens is 170 g/mol. The standard InChI is InChI=1S/C13H17N/c1-2-3-6-9-14-10-12-7-4-5-8-13(12)11-14/h2,4-5,7-8H,1,3,6,9-11H2. The van der Waals surface area contributed by atoms with Gasteiger partial charge in [-0.25, -0.2) is 0 Å². The highest BCUT2D eigenvalue weighted by molar-refractivity contribution is 5.30. The van der Waals surface area contributed by atoms with E-state index in [-0.39, 0.29) is 0 Å². The second-order valence-electron chi connectivity index (χ2n) is 3.91. The van der Waals surface area contributed by atoms with Crippen LogP contribution >= 0.6 is 0 Å². The molecule has 0 atom stereocenters. The van der Waals surface area contributed by atoms with Gasteiger partial charge in [-0.2, -0.15) is 0 Å². The maximum Gasteiger partial charge on any atom is 0.0240 e. The van der Waals surface area contributed by atoms with Gasteiger partial charge in [0.1, 0.15) is 0 Å². The van der Waals surface area contributed by atoms with E-state index in [1.54, 1.807) is 0 Å². The molecular formula is C13H17N. The van der Waals surface area contributed by atoms with Crippen molar-refractivity contribution in [1.82, 2.24) is 4.90 Å². The van der Waals surface area contributed by atoms with E-state index in [1.165, 1.54) is 24.1 Å². The molecule has 0 amide bonds. The lowest BCUT2D eigenvalue weighted by atomic mass is 10.1. The van der Waals surface area contributed by atoms with E-state index in [2.05, 4.69) is 35.7 Å². The monoisotopic (exact) mass is 187 g/mol. The Morgan fingerprint density at radius 2 is 1.86 bits per heavy atom. The molecule has 0 bridgehead atoms. The van der Waals surface area contributed by atoms with Crippen molar-refractivity contribution in [2.45, 2.75) is 25.9 Å². The lowest BCUT2D eigenvalue weighted by Crippen LogP contribution is -2.17. The lowest BCUT2D eigenvalue weighted by Gasteiger charge is -2.13. The average Bonchev–Trinajstić information content (AvgIpc) is 2.60. The maximum atomic E-state index is 3.75. The Hall–Kier alpha value is -1.08. The average molecular weight is 187 g/mol. The van der Waals surface area contributed by atoms with Crippen molar-refractivity contribution in [2.75, 3.05) is 6.54 Å². The van der Waals surface area contributed by atoms with E-state index in [4.69, 9.17) is 0 Å². The van der Waals surface area contributed by atoms with Crippen molar-refractivity contribution in [3.63, 3.8) is 0 Å². The van der Waals surface area contributed by atoms with E-state index < -0.39 is 0 Å². The van der Waals surface area contributed by atoms with Crippen LogP contribution in [0.15, 0.2) is 36.9 Å². The highest BCUT2D eigenvalue weighted by atomic mass is 15.1. The van der Waals surface area contributed by atoms with Gasteiger partial charge in [-0.1, -0.05) is 30.3 Å². The first-order valence-corrected chi connectivity index (χ1v) is 5.30. The van der Waals surface area contributed by atoms with Crippen LogP contribution in [0.1, 0.15) is 24.0 Å². The highest BCUT2D eigenvalue weighted by Crippen LogP contribution is 2.22. The summed E-state index contributed by atoms with van der Waals surface area (Å²) < 4.78 is 0. The second-order valence-corrected chi connectivity index (χ2v) is 3.91. The SMILES string of the molecule is C=CCCCN1Cc2ccccc2C1. The molecule has 0 radical (unpaired) electrons. The Balaban J connectivity index is 1.88. The van der Waals surface area contributed by atoms with Crippen molar-refractivity contribution >= 4 is 0 Å². The number of hydrogen-bond donors (Lipinski definition) is 0. The first kappa shape index (κ1) is 9.47. The predicted octanol–water partition coefficient (Wildman–Crippen LogP) is 2.97. The van der Waals surface area contributed by atoms with Gasteiger partial charge in [0.15, 0.2) is 0 Å². The van der Waals surface area contributed by atoms with Gasteiger partial charge in [0.2, 0.25) is 0 Å². The maximum absolute atomic E-state index is 3.75. The predicted molar refractivity (Wildman–Crippen MR) is 60.0 cm³/mol. The molecule has 0 unspecified atom stereocenters. The number of hydrogen-bond acceptors (Lipinski definition) is 1. The summed E-state index contributed by atoms with van der Waals surface area (Å²) >= 11 is 0. The fourth-order valence-corrected chi connectivity index (χ4v) is 2.02. The van der Waals surface area contributed by atoms with Crippen LogP contribution in [0.3, 0.4) is 0 Å². The molecule has 0 spiro atoms. The van der Waals surface area contributed by atoms with Crippen LogP contribution in [0.4, 0.5) is 0 Å². The third kappa shape index (κ3) is 2.05. The molecule has 2 rings (SSSR count). The van der Waals surface area contributed by atoms with Crippen LogP contribution < -0.4 is 0 Å². The van der Waals surface area contributed by atoms with E-state index in [0.717, 1.165) is 19.5 Å². The largest absolute Gasteiger partial charge is 0.295 e. The number of rotatable bonds is 4. The molecule has 0 saturated carbocycles. The number of allylic oxidation sites excluding steroid dienone is 1. The molecule has 1 nitrogen and oxygen atoms in total. The topological polar surface area (TPSA) is 3.24 Å². The fraction of sp³-hybridized carbons (Fsp3) is 0.385. The molecule has 1 aromatic carbocycles. The van der Waals surface area contributed by atoms with Crippen LogP contribution in [-0.4, -0.2) is 11.4 Å². The molecule has 1 heterocycles. The van der Waals surface area contributed by atoms with E-state index in [0.29, 0.717) is 0 Å². The molecule has 74 valence electrons. The quantitative estimate of drug-likeness (QED) is 0.517. The van der Waals surface area contributed by atoms with Gasteiger partial charge < -0.3 is 0 Å². The van der Waals surface area contributed by atoms with Crippen molar-refractivity contribution in [2.24, 2.45) is 0 Å². The van der Waals surface area contributed by atoms with E-state index >= 15 is 0 Å². The van der Waals surface area contributed by atoms with Gasteiger partial charge in [-0.05, 0) is 30.5 Å². The number of benzene rings is 1. The number of nitrogens with zero attached hydrogens (tertiary/aromatic N) is 1. The van der Waals surface area contributed by atoms with Gasteiger partial charge in [0, 0.05) is 13.1 Å². The van der Waals surface area contributed by atoms with Crippen LogP contribution in [0.25, 0.3) is 0 Å². The molecule has 1 aromatic rings. The zero-order chi connectivity index (χ0) is 9.80. The lowest BCUT2D eigenvalue weighted by molar-refractivity contribution is 0.281. The minimum Gasteiger partial charge on any atom is -0.295 e. The Kier molecular flexibility index (Phi) is 3.00. The second kappa shape index (κ2) is 4.43. The van der Waals surface area contributed by atoms with Crippen LogP contribution in [0.5, 0.6) is 0 Å². The normalized spacial score (nSPS) is 15.4. The van der Waals surface area contributed by atoms with Crippen molar-refractivity contribution in [1.29, 1.82) is 0 Å². The van der Waals surface area contributed by atoms with Crippen LogP contribution in [-0.2, 0) is 13.1 Å². The van der Waals surface area contributed by atoms with Crippen molar-refractivity contribution < 1.29 is 0 Å². The Bertz CT molecular complexity index is 292. The summed E-state index contributed by atoms with van der Waals surface area (Å²) in [6.45, 7) is 7.21. The Morgan fingerprint density at radius 3 is 2.43 bits per heavy atom. The van der Waals surface area contributed by atoms with Gasteiger partial charge in [-0.15, -0.1) is 6.58 Å². The van der Waals surface area contributed by atoms with Gasteiger partial charge in [-0.3, -0.25) is 4.90 Å². The zero-order valence-corrected chi connectivity index (χ0v) is 8.58. The summed E-state index contributed by atoms with van der Waals surface area (Å²) in [5.74, 6) is 0. The smallest absolute Gasteiger partial charge is 0.0240 e. The Labute approximate surface area is 86.1 Å². The minimum atomic E-state index is 1.13. The summed E-state index contributed by atoms with van der Waals surface area (Å²) in [6, 6.07) is 8.74. The minimum absolute atomic E-state index is 1.13. The molecule has 0 saturated heterocycles. The van der Waals surface area contributed by atoms with E-state index in [1.807, 2.05) is 6.08 Å². The molecule has 1 heteroatoms. The summed E-state index contributed by atoms with van der Waals surface area (Å²) in [6.07, 6.45) is 4.37. The molecule has 0 fully saturated rings. The van der Waals surface area contributed by atoms with Crippen LogP contribution in [0, 0.1) is 0 Å². The molecule has 0 aliphatic carbocycles. The number of fused-ring (bicyclic) bond motifs is 1. The first-order valence-electron chi connectivity index (χ1n) is 5.30. The summed E-state index contributed by atoms with van der Waals surface area (Å²) in [5.41, 5.74) is 3.01. The summed E-state index contributed by atoms with van der Waals surface area (Å²) in [4.78, 5) is 2.51. The summed E-state index contributed by atoms with van der Waals surface area (Å²) in [7, 11) is 0. The summed E-state index contributed by atoms with van der Waals surface area (Å²) in [5, 5.41) is 0. The zero-order valence-electron chi connectivity index (χ0n) is 8.58. The van der Waals surface area contributed by atoms with Crippen molar-refractivity contribution in [3.05, 3.63) is 48.0 Å². The number of unbranched alkanes of at least 4 members (excludes halogenated alkanes) is 1. The molecule has 1 aliphatic rings. The Morgan fingerprint density at radius 1 is 1.21 bits per heavy atom. The fourth-order valence-electron chi connectivity index (χ4n) is 2.02. The van der Waals surface area contributed by atoms with Gasteiger partial charge >= 0.3 is 0 Å². The van der Waals surface area contributed by atoms with Gasteiger partial charge in [0.05, 0.1) is 0 Å². The first-order chi connectivity index (χ1) is 6.90. The molecule has 14 heavy (non-hydrogen) atoms. The molecule has 1 aliphatic heterocycles. The third-order valence-electron chi connectivity index (χ3n) is 2.79.